The molecule has 4 rings (SSSR count). The Hall–Kier alpha value is -2.96. The summed E-state index contributed by atoms with van der Waals surface area (Å²) < 4.78 is 1.93. The van der Waals surface area contributed by atoms with Gasteiger partial charge in [0.05, 0.1) is 17.0 Å². The van der Waals surface area contributed by atoms with Crippen LogP contribution in [-0.2, 0) is 6.54 Å². The van der Waals surface area contributed by atoms with Gasteiger partial charge in [-0.25, -0.2) is 0 Å². The van der Waals surface area contributed by atoms with Crippen molar-refractivity contribution < 1.29 is 4.79 Å². The molecule has 1 atom stereocenters. The van der Waals surface area contributed by atoms with Gasteiger partial charge in [-0.3, -0.25) is 19.6 Å². The number of amides is 1. The summed E-state index contributed by atoms with van der Waals surface area (Å²) in [7, 11) is 0. The number of carbonyl (C=O) groups excluding carboxylic acids is 1. The van der Waals surface area contributed by atoms with E-state index in [2.05, 4.69) is 20.3 Å². The number of likely N-dealkylation sites (tertiary alicyclic amines) is 1. The summed E-state index contributed by atoms with van der Waals surface area (Å²) in [5.74, 6) is 0.0684. The molecule has 7 heteroatoms. The van der Waals surface area contributed by atoms with E-state index < -0.39 is 0 Å². The Morgan fingerprint density at radius 1 is 1.23 bits per heavy atom. The molecule has 1 amide bonds. The Bertz CT molecular complexity index is 826. The van der Waals surface area contributed by atoms with Crippen molar-refractivity contribution in [1.29, 1.82) is 0 Å². The van der Waals surface area contributed by atoms with Gasteiger partial charge in [-0.1, -0.05) is 0 Å². The first-order valence-electron chi connectivity index (χ1n) is 9.05. The number of hydrogen-bond acceptors (Lipinski definition) is 4. The first kappa shape index (κ1) is 16.5. The lowest BCUT2D eigenvalue weighted by Crippen LogP contribution is -2.44. The number of hydrogen-bond donors (Lipinski definition) is 1. The van der Waals surface area contributed by atoms with Gasteiger partial charge >= 0.3 is 0 Å². The summed E-state index contributed by atoms with van der Waals surface area (Å²) in [5.41, 5.74) is 2.27. The van der Waals surface area contributed by atoms with Gasteiger partial charge in [-0.15, -0.1) is 0 Å². The van der Waals surface area contributed by atoms with Gasteiger partial charge < -0.3 is 4.90 Å². The highest BCUT2D eigenvalue weighted by molar-refractivity contribution is 5.94. The normalized spacial score (nSPS) is 17.4. The number of aryl methyl sites for hydroxylation is 1. The molecule has 7 nitrogen and oxygen atoms in total. The average Bonchev–Trinajstić information content (AvgIpc) is 3.40. The fourth-order valence-corrected chi connectivity index (χ4v) is 3.53. The molecule has 1 aliphatic heterocycles. The maximum Gasteiger partial charge on any atom is 0.255 e. The Balaban J connectivity index is 1.46. The van der Waals surface area contributed by atoms with Crippen LogP contribution in [0.4, 0.5) is 0 Å². The Morgan fingerprint density at radius 3 is 2.92 bits per heavy atom. The van der Waals surface area contributed by atoms with Crippen LogP contribution < -0.4 is 0 Å². The van der Waals surface area contributed by atoms with Gasteiger partial charge in [0.2, 0.25) is 0 Å². The number of carbonyl (C=O) groups is 1. The van der Waals surface area contributed by atoms with Crippen molar-refractivity contribution in [3.8, 4) is 11.4 Å². The SMILES string of the molecule is O=C(c1ccc(-c2ccn[nH]2)nc1)N1CCCC[C@@H]1CCn1cccn1. The van der Waals surface area contributed by atoms with Crippen molar-refractivity contribution in [2.75, 3.05) is 6.54 Å². The topological polar surface area (TPSA) is 79.7 Å². The summed E-state index contributed by atoms with van der Waals surface area (Å²) in [4.78, 5) is 19.4. The van der Waals surface area contributed by atoms with E-state index >= 15 is 0 Å². The molecule has 0 saturated carbocycles. The molecule has 0 radical (unpaired) electrons. The first-order valence-corrected chi connectivity index (χ1v) is 9.05. The third-order valence-corrected chi connectivity index (χ3v) is 4.93. The third kappa shape index (κ3) is 3.51. The summed E-state index contributed by atoms with van der Waals surface area (Å²) in [6.07, 6.45) is 11.3. The van der Waals surface area contributed by atoms with Crippen molar-refractivity contribution in [3.05, 3.63) is 54.6 Å². The minimum absolute atomic E-state index is 0.0684. The number of nitrogens with one attached hydrogen (secondary N) is 1. The number of aromatic amines is 1. The van der Waals surface area contributed by atoms with Crippen LogP contribution in [0.25, 0.3) is 11.4 Å². The van der Waals surface area contributed by atoms with Crippen molar-refractivity contribution in [2.24, 2.45) is 0 Å². The molecule has 0 spiro atoms. The number of rotatable bonds is 5. The van der Waals surface area contributed by atoms with Gasteiger partial charge in [0.1, 0.15) is 0 Å². The zero-order valence-electron chi connectivity index (χ0n) is 14.6. The molecule has 0 aliphatic carbocycles. The molecule has 0 aromatic carbocycles. The van der Waals surface area contributed by atoms with Crippen LogP contribution in [0.1, 0.15) is 36.0 Å². The van der Waals surface area contributed by atoms with Gasteiger partial charge in [-0.05, 0) is 49.9 Å². The van der Waals surface area contributed by atoms with Crippen molar-refractivity contribution >= 4 is 5.91 Å². The average molecular weight is 350 g/mol. The maximum atomic E-state index is 13.0. The fraction of sp³-hybridized carbons (Fsp3) is 0.368. The van der Waals surface area contributed by atoms with E-state index in [1.165, 1.54) is 6.42 Å². The molecule has 134 valence electrons. The quantitative estimate of drug-likeness (QED) is 0.767. The summed E-state index contributed by atoms with van der Waals surface area (Å²) in [6.45, 7) is 1.64. The van der Waals surface area contributed by atoms with Gasteiger partial charge in [-0.2, -0.15) is 10.2 Å². The van der Waals surface area contributed by atoms with Crippen LogP contribution in [0.15, 0.2) is 49.1 Å². The van der Waals surface area contributed by atoms with E-state index in [0.717, 1.165) is 43.7 Å². The van der Waals surface area contributed by atoms with E-state index in [1.54, 1.807) is 18.6 Å². The van der Waals surface area contributed by atoms with Gasteiger partial charge in [0, 0.05) is 43.9 Å². The lowest BCUT2D eigenvalue weighted by atomic mass is 9.98. The molecule has 1 N–H and O–H groups in total. The van der Waals surface area contributed by atoms with Crippen LogP contribution in [0.3, 0.4) is 0 Å². The predicted octanol–water partition coefficient (Wildman–Crippen LogP) is 2.75. The molecule has 1 saturated heterocycles. The molecule has 3 aromatic rings. The molecule has 1 aliphatic rings. The number of H-pyrrole nitrogens is 1. The number of piperidine rings is 1. The monoisotopic (exact) mass is 350 g/mol. The number of pyridine rings is 1. The number of nitrogens with zero attached hydrogens (tertiary/aromatic N) is 5. The Kier molecular flexibility index (Phi) is 4.77. The van der Waals surface area contributed by atoms with Gasteiger partial charge in [0.25, 0.3) is 5.91 Å². The molecule has 4 heterocycles. The maximum absolute atomic E-state index is 13.0. The van der Waals surface area contributed by atoms with Crippen LogP contribution >= 0.6 is 0 Å². The van der Waals surface area contributed by atoms with Crippen molar-refractivity contribution in [2.45, 2.75) is 38.3 Å². The van der Waals surface area contributed by atoms with E-state index in [9.17, 15) is 4.79 Å². The minimum atomic E-state index is 0.0684. The van der Waals surface area contributed by atoms with Crippen molar-refractivity contribution in [3.63, 3.8) is 0 Å². The Morgan fingerprint density at radius 2 is 2.19 bits per heavy atom. The standard InChI is InChI=1S/C19H22N6O/c26-19(15-5-6-17(20-14-15)18-7-10-21-23-18)25-12-2-1-4-16(25)8-13-24-11-3-9-22-24/h3,5-7,9-11,14,16H,1-2,4,8,12-13H2,(H,21,23)/t16-/m1/s1. The van der Waals surface area contributed by atoms with Crippen LogP contribution in [-0.4, -0.2) is 48.4 Å². The van der Waals surface area contributed by atoms with Gasteiger partial charge in [0.15, 0.2) is 0 Å². The predicted molar refractivity (Wildman–Crippen MR) is 97.3 cm³/mol. The fourth-order valence-electron chi connectivity index (χ4n) is 3.53. The molecular weight excluding hydrogens is 328 g/mol. The summed E-state index contributed by atoms with van der Waals surface area (Å²) in [5, 5.41) is 11.1. The lowest BCUT2D eigenvalue weighted by Gasteiger charge is -2.36. The molecular formula is C19H22N6O. The second-order valence-electron chi connectivity index (χ2n) is 6.61. The second kappa shape index (κ2) is 7.51. The van der Waals surface area contributed by atoms with E-state index in [4.69, 9.17) is 0 Å². The molecule has 1 fully saturated rings. The summed E-state index contributed by atoms with van der Waals surface area (Å²) >= 11 is 0. The highest BCUT2D eigenvalue weighted by atomic mass is 16.2. The lowest BCUT2D eigenvalue weighted by molar-refractivity contribution is 0.0593. The summed E-state index contributed by atoms with van der Waals surface area (Å²) in [6, 6.07) is 7.76. The molecule has 0 unspecified atom stereocenters. The zero-order chi connectivity index (χ0) is 17.8. The Labute approximate surface area is 152 Å². The molecule has 26 heavy (non-hydrogen) atoms. The first-order chi connectivity index (χ1) is 12.8. The molecule has 3 aromatic heterocycles. The number of aromatic nitrogens is 5. The minimum Gasteiger partial charge on any atom is -0.336 e. The van der Waals surface area contributed by atoms with E-state index in [-0.39, 0.29) is 11.9 Å². The van der Waals surface area contributed by atoms with E-state index in [1.807, 2.05) is 40.0 Å². The van der Waals surface area contributed by atoms with Crippen molar-refractivity contribution in [1.82, 2.24) is 29.9 Å². The molecule has 0 bridgehead atoms. The highest BCUT2D eigenvalue weighted by Crippen LogP contribution is 2.23. The second-order valence-corrected chi connectivity index (χ2v) is 6.61. The largest absolute Gasteiger partial charge is 0.336 e. The zero-order valence-corrected chi connectivity index (χ0v) is 14.6. The third-order valence-electron chi connectivity index (χ3n) is 4.93. The van der Waals surface area contributed by atoms with E-state index in [0.29, 0.717) is 5.56 Å². The van der Waals surface area contributed by atoms with Crippen LogP contribution in [0, 0.1) is 0 Å². The van der Waals surface area contributed by atoms with Crippen LogP contribution in [0.2, 0.25) is 0 Å². The highest BCUT2D eigenvalue weighted by Gasteiger charge is 2.27. The smallest absolute Gasteiger partial charge is 0.255 e. The van der Waals surface area contributed by atoms with Crippen LogP contribution in [0.5, 0.6) is 0 Å².